The van der Waals surface area contributed by atoms with E-state index < -0.39 is 12.1 Å². The van der Waals surface area contributed by atoms with Crippen LogP contribution in [0.25, 0.3) is 0 Å². The number of nitrogens with one attached hydrogen (secondary N) is 1. The number of carbonyl (C=O) groups is 2. The molecular formula is C20H22N2O7. The third kappa shape index (κ3) is 5.86. The summed E-state index contributed by atoms with van der Waals surface area (Å²) in [6.07, 6.45) is 0.746. The molecule has 0 atom stereocenters. The molecule has 2 aromatic rings. The van der Waals surface area contributed by atoms with Crippen molar-refractivity contribution in [3.63, 3.8) is 0 Å². The molecule has 1 amide bonds. The molecule has 0 aliphatic carbocycles. The third-order valence-corrected chi connectivity index (χ3v) is 3.65. The van der Waals surface area contributed by atoms with Gasteiger partial charge in [0, 0.05) is 0 Å². The summed E-state index contributed by atoms with van der Waals surface area (Å²) in [6, 6.07) is 9.52. The molecule has 9 nitrogen and oxygen atoms in total. The van der Waals surface area contributed by atoms with Gasteiger partial charge < -0.3 is 23.7 Å². The fourth-order valence-corrected chi connectivity index (χ4v) is 2.29. The molecule has 0 aliphatic heterocycles. The average molecular weight is 402 g/mol. The Hall–Kier alpha value is -3.75. The molecule has 1 N–H and O–H groups in total. The van der Waals surface area contributed by atoms with E-state index in [-0.39, 0.29) is 17.9 Å². The number of hydrazone groups is 1. The van der Waals surface area contributed by atoms with Crippen LogP contribution in [0.3, 0.4) is 0 Å². The van der Waals surface area contributed by atoms with E-state index >= 15 is 0 Å². The van der Waals surface area contributed by atoms with Crippen molar-refractivity contribution in [3.05, 3.63) is 47.5 Å². The molecular weight excluding hydrogens is 380 g/mol. The molecule has 0 saturated carbocycles. The second-order valence-electron chi connectivity index (χ2n) is 5.46. The van der Waals surface area contributed by atoms with E-state index in [0.29, 0.717) is 22.8 Å². The maximum absolute atomic E-state index is 12.5. The number of hydrogen-bond acceptors (Lipinski definition) is 8. The van der Waals surface area contributed by atoms with Gasteiger partial charge in [0.05, 0.1) is 39.7 Å². The Balaban J connectivity index is 2.13. The predicted octanol–water partition coefficient (Wildman–Crippen LogP) is 3.01. The molecule has 0 radical (unpaired) electrons. The minimum atomic E-state index is -0.656. The first-order chi connectivity index (χ1) is 14.0. The molecule has 0 unspecified atom stereocenters. The SMILES string of the molecule is CCOC(=O)N/N=C\c1ccc(OC(=O)c2ccc(OC)c(OC)c2)c(OC)c1. The minimum absolute atomic E-state index is 0.225. The topological polar surface area (TPSA) is 105 Å². The van der Waals surface area contributed by atoms with E-state index in [0.717, 1.165) is 0 Å². The summed E-state index contributed by atoms with van der Waals surface area (Å²) < 4.78 is 25.8. The van der Waals surface area contributed by atoms with Crippen LogP contribution in [0, 0.1) is 0 Å². The van der Waals surface area contributed by atoms with Gasteiger partial charge >= 0.3 is 12.1 Å². The Bertz CT molecular complexity index is 896. The molecule has 0 saturated heterocycles. The highest BCUT2D eigenvalue weighted by molar-refractivity contribution is 5.92. The van der Waals surface area contributed by atoms with Crippen molar-refractivity contribution in [1.82, 2.24) is 5.43 Å². The van der Waals surface area contributed by atoms with Crippen LogP contribution in [0.2, 0.25) is 0 Å². The van der Waals surface area contributed by atoms with Crippen molar-refractivity contribution in [2.24, 2.45) is 5.10 Å². The standard InChI is InChI=1S/C20H22N2O7/c1-5-28-20(24)22-21-12-13-6-8-16(17(10-13)26-3)29-19(23)14-7-9-15(25-2)18(11-14)27-4/h6-12H,5H2,1-4H3,(H,22,24)/b21-12-. The normalized spacial score (nSPS) is 10.3. The van der Waals surface area contributed by atoms with Crippen molar-refractivity contribution in [3.8, 4) is 23.0 Å². The van der Waals surface area contributed by atoms with Crippen molar-refractivity contribution >= 4 is 18.3 Å². The number of methoxy groups -OCH3 is 3. The van der Waals surface area contributed by atoms with Gasteiger partial charge in [0.1, 0.15) is 0 Å². The minimum Gasteiger partial charge on any atom is -0.493 e. The summed E-state index contributed by atoms with van der Waals surface area (Å²) in [7, 11) is 4.43. The highest BCUT2D eigenvalue weighted by Gasteiger charge is 2.15. The Kier molecular flexibility index (Phi) is 7.84. The van der Waals surface area contributed by atoms with Gasteiger partial charge in [0.2, 0.25) is 0 Å². The number of hydrogen-bond donors (Lipinski definition) is 1. The summed E-state index contributed by atoms with van der Waals surface area (Å²) in [5.41, 5.74) is 3.12. The van der Waals surface area contributed by atoms with Gasteiger partial charge in [-0.15, -0.1) is 0 Å². The highest BCUT2D eigenvalue weighted by Crippen LogP contribution is 2.31. The smallest absolute Gasteiger partial charge is 0.427 e. The Morgan fingerprint density at radius 3 is 2.24 bits per heavy atom. The van der Waals surface area contributed by atoms with Crippen LogP contribution in [0.1, 0.15) is 22.8 Å². The van der Waals surface area contributed by atoms with Gasteiger partial charge in [-0.25, -0.2) is 15.0 Å². The fraction of sp³-hybridized carbons (Fsp3) is 0.250. The predicted molar refractivity (Wildman–Crippen MR) is 105 cm³/mol. The van der Waals surface area contributed by atoms with Gasteiger partial charge in [0.15, 0.2) is 23.0 Å². The highest BCUT2D eigenvalue weighted by atomic mass is 16.6. The molecule has 0 bridgehead atoms. The molecule has 29 heavy (non-hydrogen) atoms. The quantitative estimate of drug-likeness (QED) is 0.313. The number of ether oxygens (including phenoxy) is 5. The van der Waals surface area contributed by atoms with E-state index in [1.807, 2.05) is 0 Å². The first kappa shape index (κ1) is 21.5. The Morgan fingerprint density at radius 2 is 1.59 bits per heavy atom. The van der Waals surface area contributed by atoms with E-state index in [1.54, 1.807) is 37.3 Å². The molecule has 2 aromatic carbocycles. The second-order valence-corrected chi connectivity index (χ2v) is 5.46. The lowest BCUT2D eigenvalue weighted by molar-refractivity contribution is 0.0729. The van der Waals surface area contributed by atoms with E-state index in [4.69, 9.17) is 23.7 Å². The molecule has 0 aliphatic rings. The van der Waals surface area contributed by atoms with Crippen molar-refractivity contribution < 1.29 is 33.3 Å². The zero-order valence-corrected chi connectivity index (χ0v) is 16.6. The first-order valence-electron chi connectivity index (χ1n) is 8.60. The zero-order valence-electron chi connectivity index (χ0n) is 16.6. The first-order valence-corrected chi connectivity index (χ1v) is 8.60. The Morgan fingerprint density at radius 1 is 0.931 bits per heavy atom. The van der Waals surface area contributed by atoms with Gasteiger partial charge in [-0.2, -0.15) is 5.10 Å². The fourth-order valence-electron chi connectivity index (χ4n) is 2.29. The summed E-state index contributed by atoms with van der Waals surface area (Å²) in [5, 5.41) is 3.77. The van der Waals surface area contributed by atoms with Crippen molar-refractivity contribution in [1.29, 1.82) is 0 Å². The van der Waals surface area contributed by atoms with Gasteiger partial charge in [0.25, 0.3) is 0 Å². The average Bonchev–Trinajstić information content (AvgIpc) is 2.74. The summed E-state index contributed by atoms with van der Waals surface area (Å²) >= 11 is 0. The zero-order chi connectivity index (χ0) is 21.2. The third-order valence-electron chi connectivity index (χ3n) is 3.65. The van der Waals surface area contributed by atoms with Crippen molar-refractivity contribution in [2.75, 3.05) is 27.9 Å². The van der Waals surface area contributed by atoms with Crippen LogP contribution < -0.4 is 24.4 Å². The number of amides is 1. The summed E-state index contributed by atoms with van der Waals surface area (Å²) in [5.74, 6) is 0.868. The lowest BCUT2D eigenvalue weighted by Gasteiger charge is -2.11. The van der Waals surface area contributed by atoms with Crippen LogP contribution in [0.15, 0.2) is 41.5 Å². The number of carbonyl (C=O) groups excluding carboxylic acids is 2. The maximum atomic E-state index is 12.5. The van der Waals surface area contributed by atoms with Crippen molar-refractivity contribution in [2.45, 2.75) is 6.92 Å². The number of rotatable bonds is 8. The van der Waals surface area contributed by atoms with Crippen LogP contribution in [0.5, 0.6) is 23.0 Å². The van der Waals surface area contributed by atoms with Gasteiger partial charge in [-0.1, -0.05) is 0 Å². The largest absolute Gasteiger partial charge is 0.493 e. The maximum Gasteiger partial charge on any atom is 0.427 e. The number of nitrogens with zero attached hydrogens (tertiary/aromatic N) is 1. The monoisotopic (exact) mass is 402 g/mol. The second kappa shape index (κ2) is 10.5. The molecule has 0 heterocycles. The van der Waals surface area contributed by atoms with Crippen LogP contribution in [-0.4, -0.2) is 46.2 Å². The van der Waals surface area contributed by atoms with Gasteiger partial charge in [-0.05, 0) is 48.9 Å². The lowest BCUT2D eigenvalue weighted by atomic mass is 10.2. The van der Waals surface area contributed by atoms with E-state index in [9.17, 15) is 9.59 Å². The van der Waals surface area contributed by atoms with E-state index in [1.165, 1.54) is 33.6 Å². The molecule has 0 fully saturated rings. The van der Waals surface area contributed by atoms with Gasteiger partial charge in [-0.3, -0.25) is 0 Å². The van der Waals surface area contributed by atoms with E-state index in [2.05, 4.69) is 10.5 Å². The molecule has 2 rings (SSSR count). The lowest BCUT2D eigenvalue weighted by Crippen LogP contribution is -2.18. The summed E-state index contributed by atoms with van der Waals surface area (Å²) in [4.78, 5) is 23.7. The van der Waals surface area contributed by atoms with Crippen LogP contribution >= 0.6 is 0 Å². The molecule has 0 aromatic heterocycles. The molecule has 154 valence electrons. The summed E-state index contributed by atoms with van der Waals surface area (Å²) in [6.45, 7) is 1.94. The number of esters is 1. The van der Waals surface area contributed by atoms with Crippen LogP contribution in [-0.2, 0) is 4.74 Å². The number of benzene rings is 2. The Labute approximate surface area is 168 Å². The molecule has 0 spiro atoms. The molecule has 9 heteroatoms. The van der Waals surface area contributed by atoms with Crippen LogP contribution in [0.4, 0.5) is 4.79 Å².